The smallest absolute Gasteiger partial charge is 0.223 e. The molecular weight excluding hydrogens is 364 g/mol. The van der Waals surface area contributed by atoms with Crippen molar-refractivity contribution in [2.24, 2.45) is 16.8 Å². The van der Waals surface area contributed by atoms with Crippen LogP contribution in [0, 0.1) is 11.8 Å². The lowest BCUT2D eigenvalue weighted by Gasteiger charge is -2.22. The molecule has 1 amide bonds. The van der Waals surface area contributed by atoms with E-state index >= 15 is 0 Å². The predicted molar refractivity (Wildman–Crippen MR) is 119 cm³/mol. The second-order valence-corrected chi connectivity index (χ2v) is 8.05. The van der Waals surface area contributed by atoms with Crippen LogP contribution in [0.2, 0.25) is 0 Å². The van der Waals surface area contributed by atoms with E-state index in [9.17, 15) is 4.79 Å². The molecule has 1 aliphatic rings. The van der Waals surface area contributed by atoms with Gasteiger partial charge in [-0.3, -0.25) is 9.79 Å². The number of amides is 1. The van der Waals surface area contributed by atoms with Crippen LogP contribution in [-0.2, 0) is 16.0 Å². The number of hydrogen-bond donors (Lipinski definition) is 2. The summed E-state index contributed by atoms with van der Waals surface area (Å²) in [6.07, 6.45) is 2.73. The highest BCUT2D eigenvalue weighted by Gasteiger charge is 2.29. The van der Waals surface area contributed by atoms with Crippen molar-refractivity contribution in [2.45, 2.75) is 46.1 Å². The number of rotatable bonds is 11. The molecule has 0 aliphatic carbocycles. The van der Waals surface area contributed by atoms with Crippen molar-refractivity contribution >= 4 is 11.9 Å². The van der Waals surface area contributed by atoms with Gasteiger partial charge in [-0.25, -0.2) is 0 Å². The van der Waals surface area contributed by atoms with Crippen LogP contribution in [-0.4, -0.2) is 62.7 Å². The molecule has 1 saturated heterocycles. The van der Waals surface area contributed by atoms with Crippen molar-refractivity contribution in [2.75, 3.05) is 39.8 Å². The van der Waals surface area contributed by atoms with E-state index < -0.39 is 0 Å². The summed E-state index contributed by atoms with van der Waals surface area (Å²) in [6.45, 7) is 10.3. The largest absolute Gasteiger partial charge is 0.378 e. The number of carbonyl (C=O) groups excluding carboxylic acids is 1. The van der Waals surface area contributed by atoms with E-state index in [2.05, 4.69) is 41.6 Å². The molecule has 2 N–H and O–H groups in total. The number of benzene rings is 1. The van der Waals surface area contributed by atoms with Gasteiger partial charge in [0.2, 0.25) is 5.91 Å². The molecule has 6 heteroatoms. The zero-order valence-electron chi connectivity index (χ0n) is 18.5. The lowest BCUT2D eigenvalue weighted by Crippen LogP contribution is -2.41. The van der Waals surface area contributed by atoms with Crippen molar-refractivity contribution in [1.29, 1.82) is 0 Å². The second-order valence-electron chi connectivity index (χ2n) is 8.05. The van der Waals surface area contributed by atoms with Gasteiger partial charge in [0.25, 0.3) is 0 Å². The fourth-order valence-corrected chi connectivity index (χ4v) is 3.73. The van der Waals surface area contributed by atoms with Gasteiger partial charge in [-0.2, -0.15) is 0 Å². The molecule has 2 atom stereocenters. The molecule has 1 heterocycles. The molecular formula is C23H38N4O2. The van der Waals surface area contributed by atoms with Gasteiger partial charge in [-0.1, -0.05) is 44.2 Å². The normalized spacial score (nSPS) is 18.4. The summed E-state index contributed by atoms with van der Waals surface area (Å²) in [4.78, 5) is 18.6. The average molecular weight is 403 g/mol. The number of aliphatic imine (C=N–C) groups is 1. The van der Waals surface area contributed by atoms with Crippen molar-refractivity contribution in [3.63, 3.8) is 0 Å². The number of nitrogens with zero attached hydrogens (tertiary/aromatic N) is 2. The van der Waals surface area contributed by atoms with E-state index in [1.807, 2.05) is 30.0 Å². The Kier molecular flexibility index (Phi) is 9.98. The third-order valence-corrected chi connectivity index (χ3v) is 5.44. The first-order chi connectivity index (χ1) is 14.0. The summed E-state index contributed by atoms with van der Waals surface area (Å²) >= 11 is 0. The highest BCUT2D eigenvalue weighted by atomic mass is 16.5. The SMILES string of the molecule is CCOC(CCNC(=NC)NCC1CC(=O)N(CCc2ccccc2)C1)C(C)C. The van der Waals surface area contributed by atoms with Gasteiger partial charge >= 0.3 is 0 Å². The van der Waals surface area contributed by atoms with E-state index in [-0.39, 0.29) is 12.0 Å². The molecule has 1 aromatic carbocycles. The Morgan fingerprint density at radius 3 is 2.69 bits per heavy atom. The Bertz CT molecular complexity index is 633. The first kappa shape index (κ1) is 23.2. The third kappa shape index (κ3) is 8.05. The Labute approximate surface area is 176 Å². The second kappa shape index (κ2) is 12.5. The number of guanidine groups is 1. The van der Waals surface area contributed by atoms with Gasteiger partial charge < -0.3 is 20.3 Å². The van der Waals surface area contributed by atoms with E-state index in [0.29, 0.717) is 18.3 Å². The van der Waals surface area contributed by atoms with Crippen LogP contribution >= 0.6 is 0 Å². The van der Waals surface area contributed by atoms with Crippen molar-refractivity contribution in [1.82, 2.24) is 15.5 Å². The van der Waals surface area contributed by atoms with Gasteiger partial charge in [0.15, 0.2) is 5.96 Å². The van der Waals surface area contributed by atoms with Gasteiger partial charge in [0.05, 0.1) is 6.10 Å². The number of carbonyl (C=O) groups is 1. The number of likely N-dealkylation sites (tertiary alicyclic amines) is 1. The van der Waals surface area contributed by atoms with Crippen LogP contribution in [0.4, 0.5) is 0 Å². The standard InChI is InChI=1S/C23H38N4O2/c1-5-29-21(18(2)3)11-13-25-23(24-4)26-16-20-15-22(28)27(17-20)14-12-19-9-7-6-8-10-19/h6-10,18,20-21H,5,11-17H2,1-4H3,(H2,24,25,26). The molecule has 0 radical (unpaired) electrons. The van der Waals surface area contributed by atoms with Gasteiger partial charge in [-0.15, -0.1) is 0 Å². The minimum atomic E-state index is 0.257. The van der Waals surface area contributed by atoms with E-state index in [1.165, 1.54) is 5.56 Å². The maximum Gasteiger partial charge on any atom is 0.223 e. The molecule has 0 saturated carbocycles. The Hall–Kier alpha value is -2.08. The summed E-state index contributed by atoms with van der Waals surface area (Å²) in [5.41, 5.74) is 1.28. The van der Waals surface area contributed by atoms with Gasteiger partial charge in [0.1, 0.15) is 0 Å². The maximum atomic E-state index is 12.3. The van der Waals surface area contributed by atoms with Crippen LogP contribution in [0.1, 0.15) is 39.2 Å². The predicted octanol–water partition coefficient (Wildman–Crippen LogP) is 2.69. The Morgan fingerprint density at radius 2 is 2.03 bits per heavy atom. The molecule has 0 spiro atoms. The van der Waals surface area contributed by atoms with Crippen LogP contribution < -0.4 is 10.6 Å². The first-order valence-electron chi connectivity index (χ1n) is 10.9. The summed E-state index contributed by atoms with van der Waals surface area (Å²) in [5, 5.41) is 6.75. The van der Waals surface area contributed by atoms with Crippen LogP contribution in [0.5, 0.6) is 0 Å². The van der Waals surface area contributed by atoms with E-state index in [0.717, 1.165) is 51.6 Å². The lowest BCUT2D eigenvalue weighted by atomic mass is 10.0. The molecule has 1 aliphatic heterocycles. The van der Waals surface area contributed by atoms with Gasteiger partial charge in [0, 0.05) is 52.2 Å². The average Bonchev–Trinajstić information content (AvgIpc) is 3.08. The summed E-state index contributed by atoms with van der Waals surface area (Å²) in [5.74, 6) is 1.87. The summed E-state index contributed by atoms with van der Waals surface area (Å²) < 4.78 is 5.80. The minimum absolute atomic E-state index is 0.257. The quantitative estimate of drug-likeness (QED) is 0.441. The topological polar surface area (TPSA) is 66.0 Å². The Balaban J connectivity index is 1.69. The summed E-state index contributed by atoms with van der Waals surface area (Å²) in [6, 6.07) is 10.3. The van der Waals surface area contributed by atoms with E-state index in [4.69, 9.17) is 4.74 Å². The van der Waals surface area contributed by atoms with Crippen molar-refractivity contribution < 1.29 is 9.53 Å². The monoisotopic (exact) mass is 402 g/mol. The zero-order chi connectivity index (χ0) is 21.1. The lowest BCUT2D eigenvalue weighted by molar-refractivity contribution is -0.127. The number of ether oxygens (including phenoxy) is 1. The molecule has 0 aromatic heterocycles. The van der Waals surface area contributed by atoms with Crippen LogP contribution in [0.15, 0.2) is 35.3 Å². The van der Waals surface area contributed by atoms with Crippen molar-refractivity contribution in [3.05, 3.63) is 35.9 Å². The molecule has 6 nitrogen and oxygen atoms in total. The maximum absolute atomic E-state index is 12.3. The molecule has 2 unspecified atom stereocenters. The van der Waals surface area contributed by atoms with Crippen LogP contribution in [0.25, 0.3) is 0 Å². The molecule has 29 heavy (non-hydrogen) atoms. The molecule has 1 fully saturated rings. The molecule has 2 rings (SSSR count). The highest BCUT2D eigenvalue weighted by molar-refractivity contribution is 5.80. The van der Waals surface area contributed by atoms with E-state index in [1.54, 1.807) is 7.05 Å². The van der Waals surface area contributed by atoms with Gasteiger partial charge in [-0.05, 0) is 31.2 Å². The molecule has 0 bridgehead atoms. The highest BCUT2D eigenvalue weighted by Crippen LogP contribution is 2.17. The van der Waals surface area contributed by atoms with Crippen molar-refractivity contribution in [3.8, 4) is 0 Å². The third-order valence-electron chi connectivity index (χ3n) is 5.44. The summed E-state index contributed by atoms with van der Waals surface area (Å²) in [7, 11) is 1.78. The molecule has 1 aromatic rings. The minimum Gasteiger partial charge on any atom is -0.378 e. The Morgan fingerprint density at radius 1 is 1.28 bits per heavy atom. The van der Waals surface area contributed by atoms with Crippen LogP contribution in [0.3, 0.4) is 0 Å². The number of nitrogens with one attached hydrogen (secondary N) is 2. The zero-order valence-corrected chi connectivity index (χ0v) is 18.5. The first-order valence-corrected chi connectivity index (χ1v) is 10.9. The fraction of sp³-hybridized carbons (Fsp3) is 0.652. The number of hydrogen-bond acceptors (Lipinski definition) is 3. The fourth-order valence-electron chi connectivity index (χ4n) is 3.73. The molecule has 162 valence electrons.